The molecule has 2 N–H and O–H groups in total. The van der Waals surface area contributed by atoms with Gasteiger partial charge in [-0.3, -0.25) is 0 Å². The van der Waals surface area contributed by atoms with Gasteiger partial charge in [-0.15, -0.1) is 0 Å². The van der Waals surface area contributed by atoms with E-state index in [0.29, 0.717) is 19.3 Å². The first-order valence-corrected chi connectivity index (χ1v) is 6.67. The molecule has 1 atom stereocenters. The highest BCUT2D eigenvalue weighted by Gasteiger charge is 2.26. The monoisotopic (exact) mass is 223 g/mol. The van der Waals surface area contributed by atoms with E-state index in [0.717, 1.165) is 0 Å². The Morgan fingerprint density at radius 1 is 1.36 bits per heavy atom. The average molecular weight is 223 g/mol. The molecular formula is C9H21NO3S. The standard InChI is InChI=1S/C9H21NO3S/c1-4-8-14(12,13)10-9(3,5-2)6-7-11/h10-11H,4-8H2,1-3H3. The van der Waals surface area contributed by atoms with Crippen LogP contribution in [0, 0.1) is 0 Å². The van der Waals surface area contributed by atoms with Crippen molar-refractivity contribution >= 4 is 10.0 Å². The highest BCUT2D eigenvalue weighted by molar-refractivity contribution is 7.89. The lowest BCUT2D eigenvalue weighted by Crippen LogP contribution is -2.46. The van der Waals surface area contributed by atoms with Gasteiger partial charge in [0.1, 0.15) is 0 Å². The molecule has 0 aromatic heterocycles. The van der Waals surface area contributed by atoms with Crippen LogP contribution in [-0.4, -0.2) is 31.4 Å². The quantitative estimate of drug-likeness (QED) is 0.673. The molecule has 1 unspecified atom stereocenters. The van der Waals surface area contributed by atoms with E-state index in [9.17, 15) is 8.42 Å². The summed E-state index contributed by atoms with van der Waals surface area (Å²) in [5.74, 6) is 0.147. The van der Waals surface area contributed by atoms with Crippen molar-refractivity contribution in [2.24, 2.45) is 0 Å². The lowest BCUT2D eigenvalue weighted by Gasteiger charge is -2.28. The number of hydrogen-bond donors (Lipinski definition) is 2. The highest BCUT2D eigenvalue weighted by atomic mass is 32.2. The Bertz CT molecular complexity index is 251. The molecule has 0 radical (unpaired) electrons. The highest BCUT2D eigenvalue weighted by Crippen LogP contribution is 2.15. The van der Waals surface area contributed by atoms with Gasteiger partial charge in [0.2, 0.25) is 10.0 Å². The van der Waals surface area contributed by atoms with Crippen molar-refractivity contribution < 1.29 is 13.5 Å². The van der Waals surface area contributed by atoms with E-state index in [4.69, 9.17) is 5.11 Å². The predicted molar refractivity (Wildman–Crippen MR) is 57.6 cm³/mol. The maximum absolute atomic E-state index is 11.5. The molecule has 0 fully saturated rings. The lowest BCUT2D eigenvalue weighted by molar-refractivity contribution is 0.233. The summed E-state index contributed by atoms with van der Waals surface area (Å²) >= 11 is 0. The Kier molecular flexibility index (Phi) is 5.63. The normalized spacial score (nSPS) is 16.6. The zero-order valence-corrected chi connectivity index (χ0v) is 10.0. The summed E-state index contributed by atoms with van der Waals surface area (Å²) in [6.07, 6.45) is 1.73. The summed E-state index contributed by atoms with van der Waals surface area (Å²) in [6, 6.07) is 0. The van der Waals surface area contributed by atoms with Crippen molar-refractivity contribution in [3.05, 3.63) is 0 Å². The second-order valence-corrected chi connectivity index (χ2v) is 5.65. The third kappa shape index (κ3) is 4.93. The van der Waals surface area contributed by atoms with Crippen molar-refractivity contribution in [2.45, 2.75) is 45.6 Å². The van der Waals surface area contributed by atoms with Gasteiger partial charge >= 0.3 is 0 Å². The van der Waals surface area contributed by atoms with E-state index in [1.165, 1.54) is 0 Å². The summed E-state index contributed by atoms with van der Waals surface area (Å²) in [5, 5.41) is 8.82. The first kappa shape index (κ1) is 13.9. The van der Waals surface area contributed by atoms with Crippen molar-refractivity contribution in [3.63, 3.8) is 0 Å². The topological polar surface area (TPSA) is 66.4 Å². The third-order valence-corrected chi connectivity index (χ3v) is 4.07. The maximum atomic E-state index is 11.5. The molecule has 14 heavy (non-hydrogen) atoms. The first-order valence-electron chi connectivity index (χ1n) is 5.01. The Morgan fingerprint density at radius 2 is 1.93 bits per heavy atom. The van der Waals surface area contributed by atoms with Crippen molar-refractivity contribution in [3.8, 4) is 0 Å². The number of aliphatic hydroxyl groups excluding tert-OH is 1. The molecule has 86 valence electrons. The van der Waals surface area contributed by atoms with Crippen molar-refractivity contribution in [1.29, 1.82) is 0 Å². The SMILES string of the molecule is CCCS(=O)(=O)NC(C)(CC)CCO. The minimum Gasteiger partial charge on any atom is -0.396 e. The van der Waals surface area contributed by atoms with Gasteiger partial charge in [0, 0.05) is 12.1 Å². The minimum atomic E-state index is -3.18. The summed E-state index contributed by atoms with van der Waals surface area (Å²) < 4.78 is 25.6. The van der Waals surface area contributed by atoms with Gasteiger partial charge in [0.05, 0.1) is 5.75 Å². The summed E-state index contributed by atoms with van der Waals surface area (Å²) in [7, 11) is -3.18. The average Bonchev–Trinajstić information content (AvgIpc) is 2.03. The molecule has 4 nitrogen and oxygen atoms in total. The van der Waals surface area contributed by atoms with Crippen LogP contribution in [0.3, 0.4) is 0 Å². The van der Waals surface area contributed by atoms with E-state index in [2.05, 4.69) is 4.72 Å². The molecule has 0 aliphatic heterocycles. The van der Waals surface area contributed by atoms with E-state index in [-0.39, 0.29) is 12.4 Å². The largest absolute Gasteiger partial charge is 0.396 e. The van der Waals surface area contributed by atoms with Gasteiger partial charge < -0.3 is 5.11 Å². The number of nitrogens with one attached hydrogen (secondary N) is 1. The van der Waals surface area contributed by atoms with Crippen LogP contribution in [0.2, 0.25) is 0 Å². The number of sulfonamides is 1. The van der Waals surface area contributed by atoms with Crippen LogP contribution in [0.15, 0.2) is 0 Å². The van der Waals surface area contributed by atoms with Crippen molar-refractivity contribution in [2.75, 3.05) is 12.4 Å². The van der Waals surface area contributed by atoms with Gasteiger partial charge in [-0.1, -0.05) is 13.8 Å². The molecule has 0 aliphatic rings. The van der Waals surface area contributed by atoms with Crippen LogP contribution >= 0.6 is 0 Å². The van der Waals surface area contributed by atoms with E-state index in [1.54, 1.807) is 0 Å². The molecule has 0 spiro atoms. The molecule has 0 heterocycles. The first-order chi connectivity index (χ1) is 6.39. The second-order valence-electron chi connectivity index (χ2n) is 3.81. The Morgan fingerprint density at radius 3 is 2.29 bits per heavy atom. The fraction of sp³-hybridized carbons (Fsp3) is 1.00. The van der Waals surface area contributed by atoms with Crippen LogP contribution in [0.25, 0.3) is 0 Å². The maximum Gasteiger partial charge on any atom is 0.212 e. The molecule has 0 aromatic carbocycles. The fourth-order valence-corrected chi connectivity index (χ4v) is 2.88. The lowest BCUT2D eigenvalue weighted by atomic mass is 9.97. The van der Waals surface area contributed by atoms with Crippen LogP contribution in [0.1, 0.15) is 40.0 Å². The minimum absolute atomic E-state index is 0.00101. The fourth-order valence-electron chi connectivity index (χ4n) is 1.24. The molecular weight excluding hydrogens is 202 g/mol. The van der Waals surface area contributed by atoms with Gasteiger partial charge in [0.25, 0.3) is 0 Å². The Hall–Kier alpha value is -0.130. The van der Waals surface area contributed by atoms with Crippen LogP contribution in [-0.2, 0) is 10.0 Å². The van der Waals surface area contributed by atoms with Gasteiger partial charge in [-0.05, 0) is 26.2 Å². The zero-order valence-electron chi connectivity index (χ0n) is 9.21. The summed E-state index contributed by atoms with van der Waals surface area (Å²) in [4.78, 5) is 0. The third-order valence-electron chi connectivity index (χ3n) is 2.32. The summed E-state index contributed by atoms with van der Waals surface area (Å²) in [5.41, 5.74) is -0.511. The second kappa shape index (κ2) is 5.68. The Balaban J connectivity index is 4.44. The number of aliphatic hydroxyl groups is 1. The molecule has 0 saturated carbocycles. The zero-order chi connectivity index (χ0) is 11.2. The van der Waals surface area contributed by atoms with Gasteiger partial charge in [-0.2, -0.15) is 0 Å². The van der Waals surface area contributed by atoms with E-state index >= 15 is 0 Å². The molecule has 0 saturated heterocycles. The molecule has 0 aromatic rings. The van der Waals surface area contributed by atoms with E-state index in [1.807, 2.05) is 20.8 Å². The Labute approximate surface area is 86.8 Å². The molecule has 0 aliphatic carbocycles. The van der Waals surface area contributed by atoms with E-state index < -0.39 is 15.6 Å². The van der Waals surface area contributed by atoms with Crippen LogP contribution in [0.4, 0.5) is 0 Å². The number of hydrogen-bond acceptors (Lipinski definition) is 3. The predicted octanol–water partition coefficient (Wildman–Crippen LogP) is 0.867. The van der Waals surface area contributed by atoms with Crippen LogP contribution < -0.4 is 4.72 Å². The van der Waals surface area contributed by atoms with Crippen molar-refractivity contribution in [1.82, 2.24) is 4.72 Å². The molecule has 0 rings (SSSR count). The van der Waals surface area contributed by atoms with Crippen LogP contribution in [0.5, 0.6) is 0 Å². The molecule has 5 heteroatoms. The van der Waals surface area contributed by atoms with Gasteiger partial charge in [-0.25, -0.2) is 13.1 Å². The molecule has 0 bridgehead atoms. The number of rotatable bonds is 7. The smallest absolute Gasteiger partial charge is 0.212 e. The summed E-state index contributed by atoms with van der Waals surface area (Å²) in [6.45, 7) is 5.55. The molecule has 0 amide bonds. The van der Waals surface area contributed by atoms with Gasteiger partial charge in [0.15, 0.2) is 0 Å².